The van der Waals surface area contributed by atoms with Crippen LogP contribution >= 0.6 is 0 Å². The van der Waals surface area contributed by atoms with Crippen LogP contribution in [0, 0.1) is 0 Å². The van der Waals surface area contributed by atoms with Crippen molar-refractivity contribution in [1.82, 2.24) is 0 Å². The monoisotopic (exact) mass is 392 g/mol. The minimum absolute atomic E-state index is 0.0662. The molecule has 0 aromatic heterocycles. The molecular formula is C24H24O5. The van der Waals surface area contributed by atoms with E-state index in [9.17, 15) is 0 Å². The third-order valence-corrected chi connectivity index (χ3v) is 5.12. The lowest BCUT2D eigenvalue weighted by Gasteiger charge is -2.19. The quantitative estimate of drug-likeness (QED) is 0.556. The van der Waals surface area contributed by atoms with Gasteiger partial charge < -0.3 is 23.7 Å². The summed E-state index contributed by atoms with van der Waals surface area (Å²) in [7, 11) is 3.31. The molecule has 0 fully saturated rings. The molecule has 1 heterocycles. The van der Waals surface area contributed by atoms with Crippen molar-refractivity contribution in [3.8, 4) is 28.7 Å². The molecule has 1 aliphatic heterocycles. The number of methoxy groups -OCH3 is 2. The van der Waals surface area contributed by atoms with Crippen LogP contribution in [0.5, 0.6) is 28.7 Å². The summed E-state index contributed by atoms with van der Waals surface area (Å²) in [6, 6.07) is 19.9. The van der Waals surface area contributed by atoms with Crippen LogP contribution in [0.4, 0.5) is 0 Å². The normalized spacial score (nSPS) is 13.1. The maximum Gasteiger partial charge on any atom is 0.231 e. The highest BCUT2D eigenvalue weighted by Gasteiger charge is 2.22. The van der Waals surface area contributed by atoms with Crippen LogP contribution in [0.25, 0.3) is 0 Å². The predicted octanol–water partition coefficient (Wildman–Crippen LogP) is 5.16. The summed E-state index contributed by atoms with van der Waals surface area (Å²) in [6.45, 7) is 2.85. The third-order valence-electron chi connectivity index (χ3n) is 5.12. The van der Waals surface area contributed by atoms with Crippen LogP contribution < -0.4 is 23.7 Å². The van der Waals surface area contributed by atoms with E-state index in [1.165, 1.54) is 0 Å². The lowest BCUT2D eigenvalue weighted by Crippen LogP contribution is -2.02. The van der Waals surface area contributed by atoms with Gasteiger partial charge in [0.2, 0.25) is 6.79 Å². The Balaban J connectivity index is 1.59. The molecule has 1 atom stereocenters. The summed E-state index contributed by atoms with van der Waals surface area (Å²) in [5.41, 5.74) is 3.22. The van der Waals surface area contributed by atoms with Gasteiger partial charge >= 0.3 is 0 Å². The van der Waals surface area contributed by atoms with Gasteiger partial charge in [0.1, 0.15) is 12.4 Å². The van der Waals surface area contributed by atoms with Gasteiger partial charge in [-0.2, -0.15) is 0 Å². The molecule has 1 aliphatic rings. The molecule has 3 aromatic carbocycles. The summed E-state index contributed by atoms with van der Waals surface area (Å²) in [5.74, 6) is 3.69. The third kappa shape index (κ3) is 3.94. The maximum atomic E-state index is 5.97. The van der Waals surface area contributed by atoms with E-state index in [0.29, 0.717) is 23.9 Å². The molecule has 0 N–H and O–H groups in total. The number of benzene rings is 3. The summed E-state index contributed by atoms with van der Waals surface area (Å²) in [4.78, 5) is 0. The predicted molar refractivity (Wildman–Crippen MR) is 110 cm³/mol. The van der Waals surface area contributed by atoms with Crippen molar-refractivity contribution in [2.45, 2.75) is 19.4 Å². The van der Waals surface area contributed by atoms with E-state index in [4.69, 9.17) is 23.7 Å². The Labute approximate surface area is 170 Å². The zero-order chi connectivity index (χ0) is 20.2. The molecule has 0 saturated carbocycles. The van der Waals surface area contributed by atoms with Crippen molar-refractivity contribution in [2.75, 3.05) is 21.0 Å². The minimum atomic E-state index is 0.0662. The standard InChI is InChI=1S/C24H24O5/c1-16(19-12-23-24(29-15-28-23)13-21(19)25-2)18-9-10-20(22(11-18)26-3)27-14-17-7-5-4-6-8-17/h4-13,16H,14-15H2,1-3H3. The topological polar surface area (TPSA) is 46.2 Å². The van der Waals surface area contributed by atoms with Crippen LogP contribution in [0.3, 0.4) is 0 Å². The van der Waals surface area contributed by atoms with Gasteiger partial charge in [0.25, 0.3) is 0 Å². The van der Waals surface area contributed by atoms with E-state index in [-0.39, 0.29) is 12.7 Å². The summed E-state index contributed by atoms with van der Waals surface area (Å²) in [5, 5.41) is 0. The van der Waals surface area contributed by atoms with Crippen LogP contribution in [0.15, 0.2) is 60.7 Å². The van der Waals surface area contributed by atoms with Crippen molar-refractivity contribution in [3.63, 3.8) is 0 Å². The van der Waals surface area contributed by atoms with Crippen molar-refractivity contribution >= 4 is 0 Å². The number of rotatable bonds is 7. The average molecular weight is 392 g/mol. The molecule has 5 heteroatoms. The minimum Gasteiger partial charge on any atom is -0.496 e. The second-order valence-corrected chi connectivity index (χ2v) is 6.85. The van der Waals surface area contributed by atoms with Gasteiger partial charge in [-0.25, -0.2) is 0 Å². The molecule has 29 heavy (non-hydrogen) atoms. The van der Waals surface area contributed by atoms with Gasteiger partial charge in [0.15, 0.2) is 23.0 Å². The molecule has 4 rings (SSSR count). The van der Waals surface area contributed by atoms with Crippen molar-refractivity contribution in [2.24, 2.45) is 0 Å². The first-order valence-electron chi connectivity index (χ1n) is 9.51. The first kappa shape index (κ1) is 19.0. The Bertz CT molecular complexity index is 984. The van der Waals surface area contributed by atoms with Crippen LogP contribution in [-0.2, 0) is 6.61 Å². The fraction of sp³-hybridized carbons (Fsp3) is 0.250. The van der Waals surface area contributed by atoms with E-state index < -0.39 is 0 Å². The Hall–Kier alpha value is -3.34. The number of ether oxygens (including phenoxy) is 5. The molecule has 0 radical (unpaired) electrons. The second kappa shape index (κ2) is 8.35. The largest absolute Gasteiger partial charge is 0.496 e. The summed E-state index contributed by atoms with van der Waals surface area (Å²) >= 11 is 0. The average Bonchev–Trinajstić information content (AvgIpc) is 3.24. The van der Waals surface area contributed by atoms with Crippen LogP contribution in [0.2, 0.25) is 0 Å². The van der Waals surface area contributed by atoms with Crippen molar-refractivity contribution in [1.29, 1.82) is 0 Å². The van der Waals surface area contributed by atoms with E-state index in [2.05, 4.69) is 13.0 Å². The lowest BCUT2D eigenvalue weighted by molar-refractivity contribution is 0.174. The highest BCUT2D eigenvalue weighted by Crippen LogP contribution is 2.43. The highest BCUT2D eigenvalue weighted by atomic mass is 16.7. The molecule has 0 aliphatic carbocycles. The SMILES string of the molecule is COc1cc(C(C)c2cc3c(cc2OC)OCO3)ccc1OCc1ccccc1. The number of hydrogen-bond donors (Lipinski definition) is 0. The molecular weight excluding hydrogens is 368 g/mol. The van der Waals surface area contributed by atoms with E-state index in [1.54, 1.807) is 14.2 Å². The van der Waals surface area contributed by atoms with Gasteiger partial charge in [0.05, 0.1) is 14.2 Å². The molecule has 0 bridgehead atoms. The van der Waals surface area contributed by atoms with Crippen molar-refractivity contribution < 1.29 is 23.7 Å². The summed E-state index contributed by atoms with van der Waals surface area (Å²) in [6.07, 6.45) is 0. The second-order valence-electron chi connectivity index (χ2n) is 6.85. The number of hydrogen-bond acceptors (Lipinski definition) is 5. The number of fused-ring (bicyclic) bond motifs is 1. The first-order valence-corrected chi connectivity index (χ1v) is 9.51. The molecule has 3 aromatic rings. The molecule has 5 nitrogen and oxygen atoms in total. The molecule has 0 saturated heterocycles. The first-order chi connectivity index (χ1) is 14.2. The lowest BCUT2D eigenvalue weighted by atomic mass is 9.91. The van der Waals surface area contributed by atoms with Crippen LogP contribution in [-0.4, -0.2) is 21.0 Å². The van der Waals surface area contributed by atoms with Crippen molar-refractivity contribution in [3.05, 3.63) is 77.4 Å². The van der Waals surface area contributed by atoms with E-state index in [1.807, 2.05) is 54.6 Å². The van der Waals surface area contributed by atoms with Gasteiger partial charge in [-0.15, -0.1) is 0 Å². The van der Waals surface area contributed by atoms with Gasteiger partial charge in [-0.1, -0.05) is 43.3 Å². The smallest absolute Gasteiger partial charge is 0.231 e. The van der Waals surface area contributed by atoms with Gasteiger partial charge in [-0.05, 0) is 29.3 Å². The summed E-state index contributed by atoms with van der Waals surface area (Å²) < 4.78 is 28.2. The highest BCUT2D eigenvalue weighted by molar-refractivity contribution is 5.55. The van der Waals surface area contributed by atoms with E-state index >= 15 is 0 Å². The van der Waals surface area contributed by atoms with Gasteiger partial charge in [0, 0.05) is 17.5 Å². The zero-order valence-corrected chi connectivity index (χ0v) is 16.8. The molecule has 0 amide bonds. The Kier molecular flexibility index (Phi) is 5.47. The Morgan fingerprint density at radius 3 is 2.28 bits per heavy atom. The fourth-order valence-corrected chi connectivity index (χ4v) is 3.44. The fourth-order valence-electron chi connectivity index (χ4n) is 3.44. The molecule has 1 unspecified atom stereocenters. The Morgan fingerprint density at radius 2 is 1.55 bits per heavy atom. The molecule has 150 valence electrons. The van der Waals surface area contributed by atoms with Crippen LogP contribution in [0.1, 0.15) is 29.5 Å². The maximum absolute atomic E-state index is 5.97. The van der Waals surface area contributed by atoms with E-state index in [0.717, 1.165) is 28.2 Å². The molecule has 0 spiro atoms. The Morgan fingerprint density at radius 1 is 0.828 bits per heavy atom. The van der Waals surface area contributed by atoms with Gasteiger partial charge in [-0.3, -0.25) is 0 Å². The zero-order valence-electron chi connectivity index (χ0n) is 16.8.